The van der Waals surface area contributed by atoms with Crippen LogP contribution in [0.2, 0.25) is 0 Å². The minimum absolute atomic E-state index is 0.116. The lowest BCUT2D eigenvalue weighted by Crippen LogP contribution is -2.54. The predicted octanol–water partition coefficient (Wildman–Crippen LogP) is 4.71. The van der Waals surface area contributed by atoms with E-state index in [0.717, 1.165) is 22.3 Å². The third-order valence-electron chi connectivity index (χ3n) is 5.18. The van der Waals surface area contributed by atoms with Crippen molar-refractivity contribution in [3.05, 3.63) is 64.7 Å². The minimum Gasteiger partial charge on any atom is -0.483 e. The van der Waals surface area contributed by atoms with Gasteiger partial charge >= 0.3 is 0 Å². The zero-order valence-corrected chi connectivity index (χ0v) is 19.9. The zero-order chi connectivity index (χ0) is 23.2. The first kappa shape index (κ1) is 24.4. The molecule has 0 aliphatic rings. The van der Waals surface area contributed by atoms with E-state index >= 15 is 0 Å². The van der Waals surface area contributed by atoms with E-state index in [4.69, 9.17) is 4.74 Å². The van der Waals surface area contributed by atoms with E-state index in [1.54, 1.807) is 4.90 Å². The number of ether oxygens (including phenoxy) is 1. The number of nitrogens with one attached hydrogen (secondary N) is 1. The van der Waals surface area contributed by atoms with Crippen molar-refractivity contribution < 1.29 is 14.3 Å². The van der Waals surface area contributed by atoms with Gasteiger partial charge in [0.2, 0.25) is 5.91 Å². The number of carbonyl (C=O) groups is 2. The molecular formula is C26H36N2O3. The fourth-order valence-electron chi connectivity index (χ4n) is 3.43. The molecule has 0 unspecified atom stereocenters. The molecule has 0 radical (unpaired) electrons. The Balaban J connectivity index is 2.28. The first-order valence-corrected chi connectivity index (χ1v) is 10.9. The molecule has 0 saturated carbocycles. The number of carbonyl (C=O) groups excluding carboxylic acids is 2. The zero-order valence-electron chi connectivity index (χ0n) is 19.9. The van der Waals surface area contributed by atoms with Gasteiger partial charge in [-0.2, -0.15) is 0 Å². The summed E-state index contributed by atoms with van der Waals surface area (Å²) in [6.07, 6.45) is 0.517. The smallest absolute Gasteiger partial charge is 0.261 e. The van der Waals surface area contributed by atoms with Gasteiger partial charge in [-0.15, -0.1) is 0 Å². The predicted molar refractivity (Wildman–Crippen MR) is 125 cm³/mol. The van der Waals surface area contributed by atoms with Gasteiger partial charge in [0.05, 0.1) is 0 Å². The Bertz CT molecular complexity index is 915. The first-order chi connectivity index (χ1) is 14.5. The Kier molecular flexibility index (Phi) is 8.26. The van der Waals surface area contributed by atoms with Crippen molar-refractivity contribution >= 4 is 11.8 Å². The summed E-state index contributed by atoms with van der Waals surface area (Å²) in [5.74, 6) is 0.333. The first-order valence-electron chi connectivity index (χ1n) is 10.9. The molecule has 168 valence electrons. The van der Waals surface area contributed by atoms with Gasteiger partial charge in [-0.05, 0) is 76.3 Å². The van der Waals surface area contributed by atoms with Crippen LogP contribution in [0.15, 0.2) is 42.5 Å². The quantitative estimate of drug-likeness (QED) is 0.667. The molecule has 0 saturated heterocycles. The Hall–Kier alpha value is -2.82. The lowest BCUT2D eigenvalue weighted by atomic mass is 10.0. The molecule has 31 heavy (non-hydrogen) atoms. The minimum atomic E-state index is -0.575. The monoisotopic (exact) mass is 424 g/mol. The topological polar surface area (TPSA) is 58.6 Å². The second kappa shape index (κ2) is 10.5. The van der Waals surface area contributed by atoms with Gasteiger partial charge < -0.3 is 15.0 Å². The second-order valence-electron chi connectivity index (χ2n) is 9.17. The molecular weight excluding hydrogens is 388 g/mol. The number of nitrogens with zero attached hydrogens (tertiary/aromatic N) is 1. The molecule has 1 N–H and O–H groups in total. The van der Waals surface area contributed by atoms with Gasteiger partial charge in [0, 0.05) is 12.1 Å². The molecule has 0 aromatic heterocycles. The summed E-state index contributed by atoms with van der Waals surface area (Å²) in [7, 11) is 0. The van der Waals surface area contributed by atoms with Crippen LogP contribution in [-0.4, -0.2) is 34.9 Å². The number of amides is 2. The van der Waals surface area contributed by atoms with Crippen LogP contribution >= 0.6 is 0 Å². The van der Waals surface area contributed by atoms with Crippen LogP contribution in [0.3, 0.4) is 0 Å². The van der Waals surface area contributed by atoms with Crippen molar-refractivity contribution in [3.63, 3.8) is 0 Å². The van der Waals surface area contributed by atoms with E-state index in [1.165, 1.54) is 0 Å². The van der Waals surface area contributed by atoms with Crippen LogP contribution < -0.4 is 10.1 Å². The van der Waals surface area contributed by atoms with Crippen molar-refractivity contribution in [2.75, 3.05) is 6.61 Å². The van der Waals surface area contributed by atoms with Crippen LogP contribution in [0.5, 0.6) is 5.75 Å². The van der Waals surface area contributed by atoms with Crippen LogP contribution in [-0.2, 0) is 16.1 Å². The van der Waals surface area contributed by atoms with Gasteiger partial charge in [-0.25, -0.2) is 0 Å². The highest BCUT2D eigenvalue weighted by atomic mass is 16.5. The summed E-state index contributed by atoms with van der Waals surface area (Å²) in [6, 6.07) is 13.3. The molecule has 2 amide bonds. The maximum absolute atomic E-state index is 13.3. The molecule has 5 heteroatoms. The molecule has 2 aromatic carbocycles. The summed E-state index contributed by atoms with van der Waals surface area (Å²) in [5, 5.41) is 3.02. The second-order valence-corrected chi connectivity index (χ2v) is 9.17. The molecule has 0 aliphatic carbocycles. The number of rotatable bonds is 8. The third-order valence-corrected chi connectivity index (χ3v) is 5.18. The van der Waals surface area contributed by atoms with Crippen molar-refractivity contribution in [2.45, 2.75) is 73.0 Å². The normalized spacial score (nSPS) is 12.2. The van der Waals surface area contributed by atoms with Crippen molar-refractivity contribution in [1.82, 2.24) is 10.2 Å². The van der Waals surface area contributed by atoms with E-state index in [2.05, 4.69) is 5.32 Å². The van der Waals surface area contributed by atoms with Gasteiger partial charge in [0.15, 0.2) is 6.61 Å². The molecule has 2 rings (SSSR count). The molecule has 0 heterocycles. The third kappa shape index (κ3) is 7.12. The average Bonchev–Trinajstić information content (AvgIpc) is 2.68. The van der Waals surface area contributed by atoms with E-state index in [9.17, 15) is 9.59 Å². The van der Waals surface area contributed by atoms with Crippen LogP contribution in [0.25, 0.3) is 0 Å². The van der Waals surface area contributed by atoms with Gasteiger partial charge in [0.25, 0.3) is 5.91 Å². The summed E-state index contributed by atoms with van der Waals surface area (Å²) in [4.78, 5) is 28.0. The van der Waals surface area contributed by atoms with Crippen LogP contribution in [0.1, 0.15) is 56.4 Å². The maximum Gasteiger partial charge on any atom is 0.261 e. The number of hydrogen-bond acceptors (Lipinski definition) is 3. The summed E-state index contributed by atoms with van der Waals surface area (Å²) in [6.45, 7) is 13.9. The summed E-state index contributed by atoms with van der Waals surface area (Å²) < 4.78 is 5.88. The molecule has 2 aromatic rings. The fourth-order valence-corrected chi connectivity index (χ4v) is 3.43. The van der Waals surface area contributed by atoms with Gasteiger partial charge in [-0.1, -0.05) is 43.3 Å². The number of aryl methyl sites for hydroxylation is 3. The SMILES string of the molecule is CC[C@H](C(=O)NC(C)(C)C)N(Cc1ccccc1C)C(=O)COc1cc(C)ccc1C. The fraction of sp³-hybridized carbons (Fsp3) is 0.462. The summed E-state index contributed by atoms with van der Waals surface area (Å²) in [5.41, 5.74) is 3.77. The van der Waals surface area contributed by atoms with Gasteiger partial charge in [0.1, 0.15) is 11.8 Å². The highest BCUT2D eigenvalue weighted by Gasteiger charge is 2.31. The number of hydrogen-bond donors (Lipinski definition) is 1. The Morgan fingerprint density at radius 3 is 2.32 bits per heavy atom. The van der Waals surface area contributed by atoms with E-state index in [1.807, 2.05) is 90.9 Å². The molecule has 0 fully saturated rings. The maximum atomic E-state index is 13.3. The average molecular weight is 425 g/mol. The lowest BCUT2D eigenvalue weighted by molar-refractivity contribution is -0.143. The van der Waals surface area contributed by atoms with Crippen molar-refractivity contribution in [2.24, 2.45) is 0 Å². The molecule has 0 bridgehead atoms. The molecule has 0 aliphatic heterocycles. The van der Waals surface area contributed by atoms with E-state index < -0.39 is 6.04 Å². The van der Waals surface area contributed by atoms with Crippen LogP contribution in [0, 0.1) is 20.8 Å². The molecule has 1 atom stereocenters. The lowest BCUT2D eigenvalue weighted by Gasteiger charge is -2.33. The highest BCUT2D eigenvalue weighted by molar-refractivity contribution is 5.88. The van der Waals surface area contributed by atoms with Crippen molar-refractivity contribution in [1.29, 1.82) is 0 Å². The molecule has 0 spiro atoms. The van der Waals surface area contributed by atoms with Crippen molar-refractivity contribution in [3.8, 4) is 5.75 Å². The largest absolute Gasteiger partial charge is 0.483 e. The Labute approximate surface area is 186 Å². The highest BCUT2D eigenvalue weighted by Crippen LogP contribution is 2.20. The van der Waals surface area contributed by atoms with Crippen LogP contribution in [0.4, 0.5) is 0 Å². The van der Waals surface area contributed by atoms with Gasteiger partial charge in [-0.3, -0.25) is 9.59 Å². The summed E-state index contributed by atoms with van der Waals surface area (Å²) >= 11 is 0. The van der Waals surface area contributed by atoms with E-state index in [-0.39, 0.29) is 24.0 Å². The van der Waals surface area contributed by atoms with E-state index in [0.29, 0.717) is 18.7 Å². The number of benzene rings is 2. The Morgan fingerprint density at radius 1 is 1.03 bits per heavy atom. The Morgan fingerprint density at radius 2 is 1.71 bits per heavy atom. The standard InChI is InChI=1S/C26H36N2O3/c1-8-22(25(30)27-26(5,6)7)28(16-21-12-10-9-11-19(21)3)24(29)17-31-23-15-18(2)13-14-20(23)4/h9-15,22H,8,16-17H2,1-7H3,(H,27,30)/t22-/m1/s1. The molecule has 5 nitrogen and oxygen atoms in total.